The molecule has 0 aromatic carbocycles. The average Bonchev–Trinajstić information content (AvgIpc) is 2.89. The molecule has 5 nitrogen and oxygen atoms in total. The number of hydrogen-bond donors (Lipinski definition) is 1. The van der Waals surface area contributed by atoms with Crippen molar-refractivity contribution in [3.8, 4) is 0 Å². The molecule has 0 radical (unpaired) electrons. The molecular weight excluding hydrogens is 238 g/mol. The van der Waals surface area contributed by atoms with Crippen LogP contribution >= 0.6 is 0 Å². The first-order valence-electron chi connectivity index (χ1n) is 5.08. The Morgan fingerprint density at radius 3 is 2.33 bits per heavy atom. The van der Waals surface area contributed by atoms with Crippen molar-refractivity contribution < 1.29 is 16.8 Å². The van der Waals surface area contributed by atoms with Crippen LogP contribution in [0.15, 0.2) is 0 Å². The van der Waals surface area contributed by atoms with Gasteiger partial charge < -0.3 is 0 Å². The van der Waals surface area contributed by atoms with Gasteiger partial charge in [-0.25, -0.2) is 21.6 Å². The minimum Gasteiger partial charge on any atom is -0.229 e. The topological polar surface area (TPSA) is 80.3 Å². The van der Waals surface area contributed by atoms with Gasteiger partial charge >= 0.3 is 0 Å². The predicted octanol–water partition coefficient (Wildman–Crippen LogP) is -0.497. The fourth-order valence-electron chi connectivity index (χ4n) is 1.76. The quantitative estimate of drug-likeness (QED) is 0.732. The van der Waals surface area contributed by atoms with Crippen LogP contribution in [0.3, 0.4) is 0 Å². The zero-order valence-electron chi connectivity index (χ0n) is 8.35. The highest BCUT2D eigenvalue weighted by Gasteiger charge is 2.36. The summed E-state index contributed by atoms with van der Waals surface area (Å²) in [6.07, 6.45) is 2.05. The second-order valence-electron chi connectivity index (χ2n) is 4.36. The summed E-state index contributed by atoms with van der Waals surface area (Å²) in [6.45, 7) is 0.276. The Balaban J connectivity index is 1.84. The van der Waals surface area contributed by atoms with Crippen LogP contribution in [0.25, 0.3) is 0 Å². The number of sulfonamides is 1. The van der Waals surface area contributed by atoms with Crippen molar-refractivity contribution in [1.29, 1.82) is 0 Å². The third-order valence-corrected chi connectivity index (χ3v) is 6.62. The Labute approximate surface area is 90.2 Å². The van der Waals surface area contributed by atoms with E-state index in [0.29, 0.717) is 6.42 Å². The normalized spacial score (nSPS) is 30.5. The molecule has 15 heavy (non-hydrogen) atoms. The lowest BCUT2D eigenvalue weighted by atomic mass is 10.1. The first-order chi connectivity index (χ1) is 6.89. The largest absolute Gasteiger partial charge is 0.229 e. The highest BCUT2D eigenvalue weighted by Crippen LogP contribution is 2.27. The number of sulfone groups is 1. The summed E-state index contributed by atoms with van der Waals surface area (Å²) in [6, 6.07) is 0. The van der Waals surface area contributed by atoms with Gasteiger partial charge in [-0.05, 0) is 25.2 Å². The van der Waals surface area contributed by atoms with Gasteiger partial charge in [0.1, 0.15) is 0 Å². The molecule has 1 aliphatic heterocycles. The van der Waals surface area contributed by atoms with Crippen molar-refractivity contribution in [3.05, 3.63) is 0 Å². The summed E-state index contributed by atoms with van der Waals surface area (Å²) in [5, 5.41) is -0.226. The Bertz CT molecular complexity index is 435. The SMILES string of the molecule is O=S1(=O)CC[C@@H](CNS(=O)(=O)C2CC2)C1. The van der Waals surface area contributed by atoms with Crippen LogP contribution in [-0.2, 0) is 19.9 Å². The molecule has 0 aromatic heterocycles. The minimum atomic E-state index is -3.16. The van der Waals surface area contributed by atoms with E-state index < -0.39 is 19.9 Å². The van der Waals surface area contributed by atoms with Crippen molar-refractivity contribution in [1.82, 2.24) is 4.72 Å². The molecule has 1 saturated heterocycles. The second kappa shape index (κ2) is 3.71. The molecule has 0 spiro atoms. The molecular formula is C8H15NO4S2. The standard InChI is InChI=1S/C8H15NO4S2/c10-14(11)4-3-7(6-14)5-9-15(12,13)8-1-2-8/h7-9H,1-6H2/t7-/m0/s1. The Hall–Kier alpha value is -0.140. The van der Waals surface area contributed by atoms with Crippen LogP contribution in [0.1, 0.15) is 19.3 Å². The molecule has 0 amide bonds. The molecule has 0 aromatic rings. The highest BCUT2D eigenvalue weighted by molar-refractivity contribution is 7.91. The van der Waals surface area contributed by atoms with Gasteiger partial charge in [0.15, 0.2) is 9.84 Å². The summed E-state index contributed by atoms with van der Waals surface area (Å²) in [7, 11) is -6.06. The predicted molar refractivity (Wildman–Crippen MR) is 56.7 cm³/mol. The van der Waals surface area contributed by atoms with Gasteiger partial charge in [-0.2, -0.15) is 0 Å². The minimum absolute atomic E-state index is 0.0384. The molecule has 88 valence electrons. The molecule has 1 saturated carbocycles. The van der Waals surface area contributed by atoms with Crippen LogP contribution in [0.2, 0.25) is 0 Å². The fraction of sp³-hybridized carbons (Fsp3) is 1.00. The fourth-order valence-corrected chi connectivity index (χ4v) is 5.09. The summed E-state index contributed by atoms with van der Waals surface area (Å²) >= 11 is 0. The maximum atomic E-state index is 11.5. The van der Waals surface area contributed by atoms with Gasteiger partial charge in [-0.15, -0.1) is 0 Å². The zero-order valence-corrected chi connectivity index (χ0v) is 9.98. The second-order valence-corrected chi connectivity index (χ2v) is 8.64. The summed E-state index contributed by atoms with van der Waals surface area (Å²) in [4.78, 5) is 0. The van der Waals surface area contributed by atoms with Gasteiger partial charge in [0.05, 0.1) is 16.8 Å². The van der Waals surface area contributed by atoms with Crippen molar-refractivity contribution >= 4 is 19.9 Å². The Morgan fingerprint density at radius 2 is 1.87 bits per heavy atom. The van der Waals surface area contributed by atoms with Crippen LogP contribution in [0.5, 0.6) is 0 Å². The highest BCUT2D eigenvalue weighted by atomic mass is 32.2. The number of hydrogen-bond acceptors (Lipinski definition) is 4. The van der Waals surface area contributed by atoms with Crippen LogP contribution < -0.4 is 4.72 Å². The molecule has 1 aliphatic carbocycles. The van der Waals surface area contributed by atoms with E-state index in [1.54, 1.807) is 0 Å². The van der Waals surface area contributed by atoms with Crippen LogP contribution in [-0.4, -0.2) is 40.1 Å². The van der Waals surface area contributed by atoms with Crippen molar-refractivity contribution in [2.45, 2.75) is 24.5 Å². The molecule has 2 rings (SSSR count). The Kier molecular flexibility index (Phi) is 2.81. The van der Waals surface area contributed by atoms with Crippen molar-refractivity contribution in [3.63, 3.8) is 0 Å². The molecule has 0 bridgehead atoms. The van der Waals surface area contributed by atoms with E-state index in [2.05, 4.69) is 4.72 Å². The zero-order chi connectivity index (χ0) is 11.1. The van der Waals surface area contributed by atoms with Crippen molar-refractivity contribution in [2.24, 2.45) is 5.92 Å². The molecule has 1 N–H and O–H groups in total. The Morgan fingerprint density at radius 1 is 1.20 bits per heavy atom. The molecule has 2 fully saturated rings. The first kappa shape index (κ1) is 11.3. The van der Waals surface area contributed by atoms with Gasteiger partial charge in [0.2, 0.25) is 10.0 Å². The van der Waals surface area contributed by atoms with E-state index in [9.17, 15) is 16.8 Å². The van der Waals surface area contributed by atoms with Gasteiger partial charge in [0.25, 0.3) is 0 Å². The van der Waals surface area contributed by atoms with Crippen molar-refractivity contribution in [2.75, 3.05) is 18.1 Å². The third-order valence-electron chi connectivity index (χ3n) is 2.86. The monoisotopic (exact) mass is 253 g/mol. The van der Waals surface area contributed by atoms with Crippen LogP contribution in [0.4, 0.5) is 0 Å². The van der Waals surface area contributed by atoms with Gasteiger partial charge in [-0.1, -0.05) is 0 Å². The van der Waals surface area contributed by atoms with Crippen LogP contribution in [0, 0.1) is 5.92 Å². The maximum Gasteiger partial charge on any atom is 0.214 e. The number of rotatable bonds is 4. The summed E-state index contributed by atoms with van der Waals surface area (Å²) < 4.78 is 47.7. The third kappa shape index (κ3) is 2.92. The molecule has 1 heterocycles. The molecule has 2 aliphatic rings. The van der Waals surface area contributed by atoms with E-state index in [-0.39, 0.29) is 29.2 Å². The van der Waals surface area contributed by atoms with E-state index in [0.717, 1.165) is 12.8 Å². The van der Waals surface area contributed by atoms with E-state index >= 15 is 0 Å². The lowest BCUT2D eigenvalue weighted by molar-refractivity contribution is 0.542. The lowest BCUT2D eigenvalue weighted by Crippen LogP contribution is -2.32. The van der Waals surface area contributed by atoms with E-state index in [1.165, 1.54) is 0 Å². The summed E-state index contributed by atoms with van der Waals surface area (Å²) in [5.41, 5.74) is 0. The molecule has 0 unspecified atom stereocenters. The number of nitrogens with one attached hydrogen (secondary N) is 1. The average molecular weight is 253 g/mol. The van der Waals surface area contributed by atoms with E-state index in [1.807, 2.05) is 0 Å². The van der Waals surface area contributed by atoms with E-state index in [4.69, 9.17) is 0 Å². The van der Waals surface area contributed by atoms with Gasteiger partial charge in [-0.3, -0.25) is 0 Å². The lowest BCUT2D eigenvalue weighted by Gasteiger charge is -2.09. The molecule has 7 heteroatoms. The summed E-state index contributed by atoms with van der Waals surface area (Å²) in [5.74, 6) is 0.284. The molecule has 1 atom stereocenters. The maximum absolute atomic E-state index is 11.5. The smallest absolute Gasteiger partial charge is 0.214 e. The van der Waals surface area contributed by atoms with Gasteiger partial charge in [0, 0.05) is 6.54 Å². The first-order valence-corrected chi connectivity index (χ1v) is 8.45.